The lowest BCUT2D eigenvalue weighted by Gasteiger charge is -2.07. The summed E-state index contributed by atoms with van der Waals surface area (Å²) in [6, 6.07) is 27.4. The fourth-order valence-corrected chi connectivity index (χ4v) is 3.59. The van der Waals surface area contributed by atoms with Crippen molar-refractivity contribution in [3.63, 3.8) is 0 Å². The molecule has 0 spiro atoms. The number of H-pyrrole nitrogens is 1. The molecule has 1 amide bonds. The molecule has 0 aliphatic heterocycles. The lowest BCUT2D eigenvalue weighted by atomic mass is 10.0. The predicted molar refractivity (Wildman–Crippen MR) is 127 cm³/mol. The molecule has 2 N–H and O–H groups in total. The highest BCUT2D eigenvalue weighted by molar-refractivity contribution is 6.09. The summed E-state index contributed by atoms with van der Waals surface area (Å²) in [4.78, 5) is 37.3. The van der Waals surface area contributed by atoms with Crippen LogP contribution in [0.1, 0.15) is 31.8 Å². The number of pyridine rings is 1. The van der Waals surface area contributed by atoms with E-state index in [1.165, 1.54) is 0 Å². The number of aromatic amines is 1. The molecule has 6 heteroatoms. The minimum Gasteiger partial charge on any atom is -0.348 e. The molecule has 5 rings (SSSR count). The number of ketones is 1. The normalized spacial score (nSPS) is 10.8. The molecule has 0 unspecified atom stereocenters. The molecule has 6 nitrogen and oxygen atoms in total. The molecule has 0 radical (unpaired) electrons. The molecule has 0 atom stereocenters. The monoisotopic (exact) mass is 432 g/mol. The third-order valence-electron chi connectivity index (χ3n) is 5.36. The molecule has 0 fully saturated rings. The van der Waals surface area contributed by atoms with Gasteiger partial charge in [-0.15, -0.1) is 0 Å². The molecular formula is C27H20N4O2. The largest absolute Gasteiger partial charge is 0.348 e. The van der Waals surface area contributed by atoms with Crippen molar-refractivity contribution in [3.05, 3.63) is 119 Å². The van der Waals surface area contributed by atoms with Crippen molar-refractivity contribution in [3.8, 4) is 11.5 Å². The molecule has 2 heterocycles. The zero-order valence-corrected chi connectivity index (χ0v) is 17.7. The van der Waals surface area contributed by atoms with Gasteiger partial charge >= 0.3 is 0 Å². The molecule has 0 aliphatic rings. The minimum atomic E-state index is -0.185. The van der Waals surface area contributed by atoms with Crippen molar-refractivity contribution >= 4 is 22.7 Å². The van der Waals surface area contributed by atoms with Crippen LogP contribution >= 0.6 is 0 Å². The Morgan fingerprint density at radius 3 is 2.27 bits per heavy atom. The van der Waals surface area contributed by atoms with E-state index in [0.29, 0.717) is 29.1 Å². The Kier molecular flexibility index (Phi) is 5.47. The summed E-state index contributed by atoms with van der Waals surface area (Å²) in [5.41, 5.74) is 5.00. The average molecular weight is 432 g/mol. The third-order valence-corrected chi connectivity index (χ3v) is 5.36. The fourth-order valence-electron chi connectivity index (χ4n) is 3.59. The SMILES string of the molecule is O=C(NCc1ccc(C(=O)c2ccccc2)cc1)c1ccc2nc(-c3ccccn3)[nH]c2c1. The molecule has 5 aromatic rings. The second-order valence-corrected chi connectivity index (χ2v) is 7.61. The van der Waals surface area contributed by atoms with Gasteiger partial charge in [0.1, 0.15) is 5.69 Å². The molecule has 3 aromatic carbocycles. The van der Waals surface area contributed by atoms with Crippen molar-refractivity contribution in [1.29, 1.82) is 0 Å². The van der Waals surface area contributed by atoms with Crippen molar-refractivity contribution in [1.82, 2.24) is 20.3 Å². The van der Waals surface area contributed by atoms with Gasteiger partial charge < -0.3 is 10.3 Å². The Balaban J connectivity index is 1.25. The Morgan fingerprint density at radius 1 is 0.788 bits per heavy atom. The second-order valence-electron chi connectivity index (χ2n) is 7.61. The number of carbonyl (C=O) groups is 2. The fraction of sp³-hybridized carbons (Fsp3) is 0.0370. The number of benzene rings is 3. The highest BCUT2D eigenvalue weighted by Gasteiger charge is 2.11. The summed E-state index contributed by atoms with van der Waals surface area (Å²) in [7, 11) is 0. The van der Waals surface area contributed by atoms with Crippen LogP contribution in [0.2, 0.25) is 0 Å². The highest BCUT2D eigenvalue weighted by Crippen LogP contribution is 2.20. The van der Waals surface area contributed by atoms with Crippen molar-refractivity contribution in [2.45, 2.75) is 6.54 Å². The number of nitrogens with zero attached hydrogens (tertiary/aromatic N) is 2. The smallest absolute Gasteiger partial charge is 0.251 e. The molecule has 33 heavy (non-hydrogen) atoms. The van der Waals surface area contributed by atoms with E-state index in [0.717, 1.165) is 22.3 Å². The van der Waals surface area contributed by atoms with Gasteiger partial charge in [0, 0.05) is 29.4 Å². The number of carbonyl (C=O) groups excluding carboxylic acids is 2. The first-order valence-electron chi connectivity index (χ1n) is 10.6. The second kappa shape index (κ2) is 8.88. The molecule has 0 aliphatic carbocycles. The van der Waals surface area contributed by atoms with E-state index in [1.54, 1.807) is 42.6 Å². The number of nitrogens with one attached hydrogen (secondary N) is 2. The predicted octanol–water partition coefficient (Wildman–Crippen LogP) is 4.79. The van der Waals surface area contributed by atoms with Crippen LogP contribution in [0.4, 0.5) is 0 Å². The zero-order chi connectivity index (χ0) is 22.6. The van der Waals surface area contributed by atoms with Crippen molar-refractivity contribution in [2.24, 2.45) is 0 Å². The van der Waals surface area contributed by atoms with Gasteiger partial charge in [-0.2, -0.15) is 0 Å². The van der Waals surface area contributed by atoms with E-state index in [9.17, 15) is 9.59 Å². The highest BCUT2D eigenvalue weighted by atomic mass is 16.1. The third kappa shape index (κ3) is 4.41. The molecule has 0 saturated carbocycles. The quantitative estimate of drug-likeness (QED) is 0.378. The Hall–Kier alpha value is -4.58. The van der Waals surface area contributed by atoms with Crippen LogP contribution in [-0.2, 0) is 6.54 Å². The maximum absolute atomic E-state index is 12.7. The maximum Gasteiger partial charge on any atom is 0.251 e. The Morgan fingerprint density at radius 2 is 1.52 bits per heavy atom. The summed E-state index contributed by atoms with van der Waals surface area (Å²) in [6.07, 6.45) is 1.71. The first-order valence-corrected chi connectivity index (χ1v) is 10.6. The number of fused-ring (bicyclic) bond motifs is 1. The van der Waals surface area contributed by atoms with Crippen LogP contribution in [-0.4, -0.2) is 26.6 Å². The van der Waals surface area contributed by atoms with Crippen LogP contribution in [0, 0.1) is 0 Å². The van der Waals surface area contributed by atoms with E-state index in [1.807, 2.05) is 54.6 Å². The molecule has 0 saturated heterocycles. The molecule has 2 aromatic heterocycles. The van der Waals surface area contributed by atoms with Gasteiger partial charge in [-0.3, -0.25) is 14.6 Å². The average Bonchev–Trinajstić information content (AvgIpc) is 3.32. The number of aromatic nitrogens is 3. The zero-order valence-electron chi connectivity index (χ0n) is 17.7. The van der Waals surface area contributed by atoms with Gasteiger partial charge in [0.2, 0.25) is 0 Å². The van der Waals surface area contributed by atoms with Crippen molar-refractivity contribution in [2.75, 3.05) is 0 Å². The summed E-state index contributed by atoms with van der Waals surface area (Å²) >= 11 is 0. The van der Waals surface area contributed by atoms with Gasteiger partial charge in [-0.25, -0.2) is 4.98 Å². The van der Waals surface area contributed by atoms with Gasteiger partial charge in [-0.05, 0) is 35.9 Å². The van der Waals surface area contributed by atoms with Crippen LogP contribution in [0.25, 0.3) is 22.6 Å². The summed E-state index contributed by atoms with van der Waals surface area (Å²) in [5.74, 6) is 0.452. The van der Waals surface area contributed by atoms with E-state index in [-0.39, 0.29) is 11.7 Å². The topological polar surface area (TPSA) is 87.7 Å². The number of amides is 1. The maximum atomic E-state index is 12.7. The first-order chi connectivity index (χ1) is 16.2. The van der Waals surface area contributed by atoms with Gasteiger partial charge in [0.25, 0.3) is 5.91 Å². The van der Waals surface area contributed by atoms with Crippen molar-refractivity contribution < 1.29 is 9.59 Å². The van der Waals surface area contributed by atoms with Crippen LogP contribution < -0.4 is 5.32 Å². The number of hydrogen-bond acceptors (Lipinski definition) is 4. The van der Waals surface area contributed by atoms with E-state index < -0.39 is 0 Å². The molecule has 160 valence electrons. The van der Waals surface area contributed by atoms with Gasteiger partial charge in [0.15, 0.2) is 11.6 Å². The Bertz CT molecular complexity index is 1430. The summed E-state index contributed by atoms with van der Waals surface area (Å²) in [5, 5.41) is 2.93. The summed E-state index contributed by atoms with van der Waals surface area (Å²) in [6.45, 7) is 0.360. The Labute approximate surface area is 190 Å². The van der Waals surface area contributed by atoms with Gasteiger partial charge in [-0.1, -0.05) is 60.7 Å². The number of rotatable bonds is 6. The number of imidazole rings is 1. The van der Waals surface area contributed by atoms with Crippen LogP contribution in [0.3, 0.4) is 0 Å². The van der Waals surface area contributed by atoms with Crippen LogP contribution in [0.15, 0.2) is 97.2 Å². The van der Waals surface area contributed by atoms with E-state index >= 15 is 0 Å². The van der Waals surface area contributed by atoms with E-state index in [2.05, 4.69) is 20.3 Å². The lowest BCUT2D eigenvalue weighted by molar-refractivity contribution is 0.0950. The first kappa shape index (κ1) is 20.3. The minimum absolute atomic E-state index is 0.0240. The molecular weight excluding hydrogens is 412 g/mol. The standard InChI is InChI=1S/C27H20N4O2/c32-25(19-6-2-1-3-7-19)20-11-9-18(10-12-20)17-29-27(33)21-13-14-22-24(16-21)31-26(30-22)23-8-4-5-15-28-23/h1-16H,17H2,(H,29,33)(H,30,31). The van der Waals surface area contributed by atoms with Crippen LogP contribution in [0.5, 0.6) is 0 Å². The lowest BCUT2D eigenvalue weighted by Crippen LogP contribution is -2.22. The summed E-state index contributed by atoms with van der Waals surface area (Å²) < 4.78 is 0. The van der Waals surface area contributed by atoms with Gasteiger partial charge in [0.05, 0.1) is 11.0 Å². The van der Waals surface area contributed by atoms with E-state index in [4.69, 9.17) is 0 Å². The number of hydrogen-bond donors (Lipinski definition) is 2. The molecule has 0 bridgehead atoms.